The van der Waals surface area contributed by atoms with E-state index in [0.717, 1.165) is 5.56 Å². The highest BCUT2D eigenvalue weighted by Crippen LogP contribution is 2.06. The molecule has 0 aliphatic rings. The van der Waals surface area contributed by atoms with Gasteiger partial charge in [0.2, 0.25) is 15.9 Å². The molecule has 6 nitrogen and oxygen atoms in total. The summed E-state index contributed by atoms with van der Waals surface area (Å²) in [6.45, 7) is 0.00438. The summed E-state index contributed by atoms with van der Waals surface area (Å²) in [7, 11) is -3.57. The molecule has 24 heavy (non-hydrogen) atoms. The molecule has 0 saturated heterocycles. The molecule has 0 aliphatic heterocycles. The highest BCUT2D eigenvalue weighted by Gasteiger charge is 2.11. The molecular formula is C16H18FN3O3S. The Morgan fingerprint density at radius 1 is 1.12 bits per heavy atom. The predicted molar refractivity (Wildman–Crippen MR) is 89.4 cm³/mol. The molecule has 1 aromatic carbocycles. The van der Waals surface area contributed by atoms with Crippen LogP contribution in [0.5, 0.6) is 0 Å². The van der Waals surface area contributed by atoms with Gasteiger partial charge in [-0.3, -0.25) is 9.52 Å². The van der Waals surface area contributed by atoms with Gasteiger partial charge < -0.3 is 5.32 Å². The average molecular weight is 351 g/mol. The van der Waals surface area contributed by atoms with Crippen LogP contribution in [0.1, 0.15) is 12.0 Å². The van der Waals surface area contributed by atoms with Crippen molar-refractivity contribution in [2.24, 2.45) is 0 Å². The number of aryl methyl sites for hydroxylation is 1. The van der Waals surface area contributed by atoms with Gasteiger partial charge in [0.15, 0.2) is 0 Å². The fraction of sp³-hybridized carbons (Fsp3) is 0.250. The summed E-state index contributed by atoms with van der Waals surface area (Å²) in [5.41, 5.74) is 0.844. The first-order valence-corrected chi connectivity index (χ1v) is 9.02. The molecule has 128 valence electrons. The molecule has 1 amide bonds. The molecule has 2 N–H and O–H groups in total. The fourth-order valence-electron chi connectivity index (χ4n) is 1.96. The molecule has 1 aromatic heterocycles. The normalized spacial score (nSPS) is 11.0. The molecule has 1 heterocycles. The van der Waals surface area contributed by atoms with Crippen molar-refractivity contribution in [3.05, 3.63) is 60.0 Å². The highest BCUT2D eigenvalue weighted by atomic mass is 32.2. The molecule has 0 fully saturated rings. The molecular weight excluding hydrogens is 333 g/mol. The largest absolute Gasteiger partial charge is 0.355 e. The zero-order chi connectivity index (χ0) is 17.4. The van der Waals surface area contributed by atoms with Crippen LogP contribution < -0.4 is 10.0 Å². The second kappa shape index (κ2) is 8.39. The number of carbonyl (C=O) groups excluding carboxylic acids is 1. The quantitative estimate of drug-likeness (QED) is 0.758. The molecule has 2 rings (SSSR count). The maximum Gasteiger partial charge on any atom is 0.235 e. The Balaban J connectivity index is 1.70. The molecule has 0 spiro atoms. The smallest absolute Gasteiger partial charge is 0.235 e. The van der Waals surface area contributed by atoms with Crippen LogP contribution in [0.25, 0.3) is 0 Å². The van der Waals surface area contributed by atoms with E-state index in [1.54, 1.807) is 30.3 Å². The molecule has 0 bridgehead atoms. The predicted octanol–water partition coefficient (Wildman–Crippen LogP) is 1.71. The lowest BCUT2D eigenvalue weighted by Crippen LogP contribution is -2.31. The van der Waals surface area contributed by atoms with Crippen LogP contribution >= 0.6 is 0 Å². The van der Waals surface area contributed by atoms with Crippen molar-refractivity contribution in [3.8, 4) is 0 Å². The highest BCUT2D eigenvalue weighted by molar-refractivity contribution is 7.92. The number of sulfonamides is 1. The number of pyridine rings is 1. The van der Waals surface area contributed by atoms with Crippen molar-refractivity contribution in [2.45, 2.75) is 12.8 Å². The molecule has 0 saturated carbocycles. The number of benzene rings is 1. The minimum absolute atomic E-state index is 0.00438. The number of rotatable bonds is 8. The molecule has 0 unspecified atom stereocenters. The number of nitrogens with zero attached hydrogens (tertiary/aromatic N) is 1. The maximum absolute atomic E-state index is 12.8. The van der Waals surface area contributed by atoms with Crippen LogP contribution in [0.2, 0.25) is 0 Å². The Bertz CT molecular complexity index is 765. The maximum atomic E-state index is 12.8. The lowest BCUT2D eigenvalue weighted by molar-refractivity contribution is -0.120. The molecule has 0 aliphatic carbocycles. The monoisotopic (exact) mass is 351 g/mol. The Kier molecular flexibility index (Phi) is 6.25. The third kappa shape index (κ3) is 6.33. The Morgan fingerprint density at radius 3 is 2.54 bits per heavy atom. The van der Waals surface area contributed by atoms with E-state index in [0.29, 0.717) is 6.42 Å². The van der Waals surface area contributed by atoms with Crippen LogP contribution in [0, 0.1) is 5.82 Å². The number of hydrogen-bond acceptors (Lipinski definition) is 4. The summed E-state index contributed by atoms with van der Waals surface area (Å²) >= 11 is 0. The lowest BCUT2D eigenvalue weighted by atomic mass is 10.1. The van der Waals surface area contributed by atoms with Crippen molar-refractivity contribution in [1.82, 2.24) is 10.3 Å². The topological polar surface area (TPSA) is 88.2 Å². The van der Waals surface area contributed by atoms with Crippen molar-refractivity contribution < 1.29 is 17.6 Å². The van der Waals surface area contributed by atoms with Gasteiger partial charge in [0, 0.05) is 19.2 Å². The Labute approximate surface area is 140 Å². The molecule has 0 radical (unpaired) electrons. The summed E-state index contributed by atoms with van der Waals surface area (Å²) in [6, 6.07) is 10.8. The van der Waals surface area contributed by atoms with Gasteiger partial charge in [0.25, 0.3) is 0 Å². The van der Waals surface area contributed by atoms with Crippen LogP contribution in [0.15, 0.2) is 48.7 Å². The van der Waals surface area contributed by atoms with Gasteiger partial charge in [-0.15, -0.1) is 0 Å². The summed E-state index contributed by atoms with van der Waals surface area (Å²) in [5, 5.41) is 2.55. The number of anilines is 1. The van der Waals surface area contributed by atoms with Gasteiger partial charge >= 0.3 is 0 Å². The number of hydrogen-bond donors (Lipinski definition) is 2. The van der Waals surface area contributed by atoms with E-state index in [1.807, 2.05) is 0 Å². The van der Waals surface area contributed by atoms with Gasteiger partial charge in [0.05, 0.1) is 5.75 Å². The average Bonchev–Trinajstić information content (AvgIpc) is 2.54. The number of halogens is 1. The zero-order valence-electron chi connectivity index (χ0n) is 12.9. The van der Waals surface area contributed by atoms with E-state index in [2.05, 4.69) is 15.0 Å². The van der Waals surface area contributed by atoms with Gasteiger partial charge in [-0.25, -0.2) is 17.8 Å². The van der Waals surface area contributed by atoms with Crippen LogP contribution in [-0.4, -0.2) is 31.6 Å². The Hall–Kier alpha value is -2.48. The van der Waals surface area contributed by atoms with E-state index in [1.165, 1.54) is 18.3 Å². The summed E-state index contributed by atoms with van der Waals surface area (Å²) in [6.07, 6.45) is 2.15. The lowest BCUT2D eigenvalue weighted by Gasteiger charge is -2.08. The summed E-state index contributed by atoms with van der Waals surface area (Å²) in [4.78, 5) is 15.6. The fourth-order valence-corrected chi connectivity index (χ4v) is 2.87. The van der Waals surface area contributed by atoms with Gasteiger partial charge in [-0.05, 0) is 36.2 Å². The second-order valence-corrected chi connectivity index (χ2v) is 6.95. The van der Waals surface area contributed by atoms with Crippen LogP contribution in [-0.2, 0) is 21.2 Å². The first-order valence-electron chi connectivity index (χ1n) is 7.37. The number of aromatic nitrogens is 1. The van der Waals surface area contributed by atoms with E-state index in [-0.39, 0.29) is 36.3 Å². The summed E-state index contributed by atoms with van der Waals surface area (Å²) < 4.78 is 38.8. The van der Waals surface area contributed by atoms with Crippen LogP contribution in [0.3, 0.4) is 0 Å². The van der Waals surface area contributed by atoms with Crippen molar-refractivity contribution in [3.63, 3.8) is 0 Å². The van der Waals surface area contributed by atoms with E-state index < -0.39 is 10.0 Å². The van der Waals surface area contributed by atoms with E-state index >= 15 is 0 Å². The SMILES string of the molecule is O=C(CCc1ccc(F)cc1)NCCS(=O)(=O)Nc1ccccn1. The number of amides is 1. The minimum atomic E-state index is -3.57. The van der Waals surface area contributed by atoms with Crippen molar-refractivity contribution in [1.29, 1.82) is 0 Å². The standard InChI is InChI=1S/C16H18FN3O3S/c17-14-7-4-13(5-8-14)6-9-16(21)19-11-12-24(22,23)20-15-3-1-2-10-18-15/h1-5,7-8,10H,6,9,11-12H2,(H,18,20)(H,19,21). The van der Waals surface area contributed by atoms with Gasteiger partial charge in [-0.1, -0.05) is 18.2 Å². The van der Waals surface area contributed by atoms with Crippen molar-refractivity contribution >= 4 is 21.7 Å². The Morgan fingerprint density at radius 2 is 1.88 bits per heavy atom. The van der Waals surface area contributed by atoms with Gasteiger partial charge in [0.1, 0.15) is 11.6 Å². The number of carbonyl (C=O) groups is 1. The third-order valence-electron chi connectivity index (χ3n) is 3.17. The first kappa shape index (κ1) is 17.9. The van der Waals surface area contributed by atoms with Crippen LogP contribution in [0.4, 0.5) is 10.2 Å². The van der Waals surface area contributed by atoms with E-state index in [9.17, 15) is 17.6 Å². The summed E-state index contributed by atoms with van der Waals surface area (Å²) in [5.74, 6) is -0.590. The second-order valence-electron chi connectivity index (χ2n) is 5.11. The molecule has 0 atom stereocenters. The third-order valence-corrected chi connectivity index (χ3v) is 4.43. The minimum Gasteiger partial charge on any atom is -0.355 e. The zero-order valence-corrected chi connectivity index (χ0v) is 13.7. The van der Waals surface area contributed by atoms with Crippen molar-refractivity contribution in [2.75, 3.05) is 17.0 Å². The molecule has 2 aromatic rings. The molecule has 8 heteroatoms. The first-order chi connectivity index (χ1) is 11.4. The number of nitrogens with one attached hydrogen (secondary N) is 2. The van der Waals surface area contributed by atoms with E-state index in [4.69, 9.17) is 0 Å². The van der Waals surface area contributed by atoms with Gasteiger partial charge in [-0.2, -0.15) is 0 Å².